The number of aromatic nitrogens is 1. The van der Waals surface area contributed by atoms with E-state index in [0.717, 1.165) is 18.5 Å². The van der Waals surface area contributed by atoms with Crippen LogP contribution in [0.2, 0.25) is 0 Å². The van der Waals surface area contributed by atoms with Crippen LogP contribution in [0.1, 0.15) is 23.2 Å². The zero-order valence-corrected chi connectivity index (χ0v) is 8.58. The van der Waals surface area contributed by atoms with Crippen molar-refractivity contribution in [3.63, 3.8) is 0 Å². The van der Waals surface area contributed by atoms with Crippen molar-refractivity contribution in [1.29, 1.82) is 0 Å². The van der Waals surface area contributed by atoms with Crippen molar-refractivity contribution < 1.29 is 23.1 Å². The van der Waals surface area contributed by atoms with Gasteiger partial charge in [-0.1, -0.05) is 0 Å². The smallest absolute Gasteiger partial charge is 0.411 e. The second-order valence-electron chi connectivity index (χ2n) is 3.97. The maximum Gasteiger partial charge on any atom is 0.411 e. The van der Waals surface area contributed by atoms with Crippen molar-refractivity contribution in [1.82, 2.24) is 10.3 Å². The lowest BCUT2D eigenvalue weighted by Gasteiger charge is -2.20. The summed E-state index contributed by atoms with van der Waals surface area (Å²) >= 11 is 0. The standard InChI is InChI=1S/C10H9F3N2O2/c11-10(12,13)9(1-2-9)15-8(17)6-3-7(16)5-14-4-6/h3-5,16H,1-2H2,(H,15,17). The van der Waals surface area contributed by atoms with E-state index in [1.165, 1.54) is 0 Å². The van der Waals surface area contributed by atoms with Gasteiger partial charge in [0.15, 0.2) is 0 Å². The SMILES string of the molecule is O=C(NC1(C(F)(F)F)CC1)c1cncc(O)c1. The van der Waals surface area contributed by atoms with Crippen molar-refractivity contribution in [3.8, 4) is 5.75 Å². The van der Waals surface area contributed by atoms with Gasteiger partial charge in [-0.15, -0.1) is 0 Å². The number of carbonyl (C=O) groups is 1. The van der Waals surface area contributed by atoms with Crippen molar-refractivity contribution >= 4 is 5.91 Å². The number of rotatable bonds is 2. The summed E-state index contributed by atoms with van der Waals surface area (Å²) in [5.41, 5.74) is -2.20. The normalized spacial score (nSPS) is 17.6. The fourth-order valence-corrected chi connectivity index (χ4v) is 1.45. The van der Waals surface area contributed by atoms with E-state index in [1.807, 2.05) is 5.32 Å². The predicted molar refractivity (Wildman–Crippen MR) is 51.4 cm³/mol. The molecule has 0 radical (unpaired) electrons. The summed E-state index contributed by atoms with van der Waals surface area (Å²) in [6.45, 7) is 0. The Kier molecular flexibility index (Phi) is 2.48. The molecule has 4 nitrogen and oxygen atoms in total. The molecule has 1 aromatic rings. The number of pyridine rings is 1. The molecule has 1 saturated carbocycles. The molecule has 1 aliphatic rings. The summed E-state index contributed by atoms with van der Waals surface area (Å²) in [4.78, 5) is 15.1. The molecule has 1 fully saturated rings. The Hall–Kier alpha value is -1.79. The minimum atomic E-state index is -4.45. The van der Waals surface area contributed by atoms with Gasteiger partial charge in [-0.05, 0) is 18.9 Å². The molecular formula is C10H9F3N2O2. The third-order valence-electron chi connectivity index (χ3n) is 2.63. The highest BCUT2D eigenvalue weighted by atomic mass is 19.4. The first-order valence-electron chi connectivity index (χ1n) is 4.87. The van der Waals surface area contributed by atoms with Gasteiger partial charge in [0, 0.05) is 6.20 Å². The number of amides is 1. The Balaban J connectivity index is 2.13. The Morgan fingerprint density at radius 3 is 2.53 bits per heavy atom. The van der Waals surface area contributed by atoms with Crippen LogP contribution in [0.4, 0.5) is 13.2 Å². The molecule has 2 N–H and O–H groups in total. The quantitative estimate of drug-likeness (QED) is 0.833. The van der Waals surface area contributed by atoms with Crippen LogP contribution < -0.4 is 5.32 Å². The van der Waals surface area contributed by atoms with Gasteiger partial charge in [0.2, 0.25) is 0 Å². The Bertz CT molecular complexity index is 455. The molecule has 1 heterocycles. The van der Waals surface area contributed by atoms with E-state index in [1.54, 1.807) is 0 Å². The van der Waals surface area contributed by atoms with E-state index in [-0.39, 0.29) is 24.2 Å². The molecule has 0 bridgehead atoms. The summed E-state index contributed by atoms with van der Waals surface area (Å²) in [7, 11) is 0. The third-order valence-corrected chi connectivity index (χ3v) is 2.63. The van der Waals surface area contributed by atoms with Gasteiger partial charge in [0.25, 0.3) is 5.91 Å². The lowest BCUT2D eigenvalue weighted by molar-refractivity contribution is -0.163. The van der Waals surface area contributed by atoms with Crippen LogP contribution in [0, 0.1) is 0 Å². The molecular weight excluding hydrogens is 237 g/mol. The zero-order valence-electron chi connectivity index (χ0n) is 8.58. The largest absolute Gasteiger partial charge is 0.506 e. The molecule has 1 aromatic heterocycles. The first kappa shape index (κ1) is 11.7. The minimum Gasteiger partial charge on any atom is -0.506 e. The Morgan fingerprint density at radius 2 is 2.06 bits per heavy atom. The van der Waals surface area contributed by atoms with Crippen LogP contribution in [0.5, 0.6) is 5.75 Å². The summed E-state index contributed by atoms with van der Waals surface area (Å²) in [6.07, 6.45) is -2.50. The van der Waals surface area contributed by atoms with Gasteiger partial charge >= 0.3 is 6.18 Å². The monoisotopic (exact) mass is 246 g/mol. The summed E-state index contributed by atoms with van der Waals surface area (Å²) in [5, 5.41) is 11.0. The number of hydrogen-bond acceptors (Lipinski definition) is 3. The molecule has 7 heteroatoms. The van der Waals surface area contributed by atoms with Gasteiger partial charge in [-0.25, -0.2) is 0 Å². The molecule has 0 unspecified atom stereocenters. The number of halogens is 3. The van der Waals surface area contributed by atoms with Crippen LogP contribution in [-0.2, 0) is 0 Å². The second-order valence-corrected chi connectivity index (χ2v) is 3.97. The molecule has 92 valence electrons. The Labute approximate surface area is 94.5 Å². The number of carbonyl (C=O) groups excluding carboxylic acids is 1. The highest BCUT2D eigenvalue weighted by Crippen LogP contribution is 2.49. The van der Waals surface area contributed by atoms with Crippen molar-refractivity contribution in [2.45, 2.75) is 24.6 Å². The predicted octanol–water partition coefficient (Wildman–Crippen LogP) is 1.61. The van der Waals surface area contributed by atoms with Crippen LogP contribution in [0.3, 0.4) is 0 Å². The molecule has 2 rings (SSSR count). The van der Waals surface area contributed by atoms with Crippen LogP contribution in [0.25, 0.3) is 0 Å². The van der Waals surface area contributed by atoms with E-state index in [9.17, 15) is 18.0 Å². The van der Waals surface area contributed by atoms with Crippen LogP contribution in [-0.4, -0.2) is 27.7 Å². The average molecular weight is 246 g/mol. The van der Waals surface area contributed by atoms with Crippen molar-refractivity contribution in [3.05, 3.63) is 24.0 Å². The number of nitrogens with zero attached hydrogens (tertiary/aromatic N) is 1. The maximum absolute atomic E-state index is 12.6. The van der Waals surface area contributed by atoms with Crippen LogP contribution >= 0.6 is 0 Å². The molecule has 0 aliphatic heterocycles. The molecule has 0 atom stereocenters. The van der Waals surface area contributed by atoms with Crippen molar-refractivity contribution in [2.75, 3.05) is 0 Å². The van der Waals surface area contributed by atoms with Gasteiger partial charge in [0.05, 0.1) is 11.8 Å². The van der Waals surface area contributed by atoms with E-state index in [0.29, 0.717) is 0 Å². The summed E-state index contributed by atoms with van der Waals surface area (Å²) in [5.74, 6) is -1.15. The Morgan fingerprint density at radius 1 is 1.41 bits per heavy atom. The molecule has 0 aromatic carbocycles. The second kappa shape index (κ2) is 3.61. The first-order chi connectivity index (χ1) is 7.84. The maximum atomic E-state index is 12.6. The summed E-state index contributed by atoms with van der Waals surface area (Å²) < 4.78 is 37.7. The van der Waals surface area contributed by atoms with E-state index >= 15 is 0 Å². The minimum absolute atomic E-state index is 0.0967. The zero-order chi connectivity index (χ0) is 12.7. The highest BCUT2D eigenvalue weighted by molar-refractivity contribution is 5.95. The van der Waals surface area contributed by atoms with Crippen LogP contribution in [0.15, 0.2) is 18.5 Å². The number of alkyl halides is 3. The molecule has 17 heavy (non-hydrogen) atoms. The van der Waals surface area contributed by atoms with Crippen molar-refractivity contribution in [2.24, 2.45) is 0 Å². The molecule has 0 spiro atoms. The number of nitrogens with one attached hydrogen (secondary N) is 1. The van der Waals surface area contributed by atoms with Gasteiger partial charge < -0.3 is 10.4 Å². The molecule has 1 amide bonds. The van der Waals surface area contributed by atoms with E-state index in [4.69, 9.17) is 5.11 Å². The molecule has 1 aliphatic carbocycles. The topological polar surface area (TPSA) is 62.2 Å². The first-order valence-corrected chi connectivity index (χ1v) is 4.87. The van der Waals surface area contributed by atoms with Gasteiger partial charge in [0.1, 0.15) is 11.3 Å². The lowest BCUT2D eigenvalue weighted by Crippen LogP contribution is -2.47. The number of hydrogen-bond donors (Lipinski definition) is 2. The van der Waals surface area contributed by atoms with Gasteiger partial charge in [-0.3, -0.25) is 9.78 Å². The summed E-state index contributed by atoms with van der Waals surface area (Å²) in [6, 6.07) is 1.06. The lowest BCUT2D eigenvalue weighted by atomic mass is 10.2. The fourth-order valence-electron chi connectivity index (χ4n) is 1.45. The fraction of sp³-hybridized carbons (Fsp3) is 0.400. The number of aromatic hydroxyl groups is 1. The van der Waals surface area contributed by atoms with E-state index < -0.39 is 17.6 Å². The highest BCUT2D eigenvalue weighted by Gasteiger charge is 2.64. The third kappa shape index (κ3) is 2.17. The van der Waals surface area contributed by atoms with E-state index in [2.05, 4.69) is 4.98 Å². The van der Waals surface area contributed by atoms with Gasteiger partial charge in [-0.2, -0.15) is 13.2 Å². The molecule has 0 saturated heterocycles. The average Bonchev–Trinajstić information content (AvgIpc) is 2.98.